The van der Waals surface area contributed by atoms with Crippen molar-refractivity contribution in [2.75, 3.05) is 11.4 Å². The average Bonchev–Trinajstić information content (AvgIpc) is 3.32. The quantitative estimate of drug-likeness (QED) is 0.714. The summed E-state index contributed by atoms with van der Waals surface area (Å²) in [5, 5.41) is 8.92. The molecule has 25 heavy (non-hydrogen) atoms. The molecule has 5 rings (SSSR count). The van der Waals surface area contributed by atoms with Gasteiger partial charge in [-0.2, -0.15) is 4.98 Å². The Labute approximate surface area is 145 Å². The van der Waals surface area contributed by atoms with Crippen LogP contribution in [0.15, 0.2) is 24.9 Å². The summed E-state index contributed by atoms with van der Waals surface area (Å²) in [5.74, 6) is 3.52. The molecule has 0 amide bonds. The van der Waals surface area contributed by atoms with Crippen molar-refractivity contribution in [3.05, 3.63) is 36.6 Å². The minimum absolute atomic E-state index is 0.132. The molecule has 5 heterocycles. The fourth-order valence-electron chi connectivity index (χ4n) is 4.27. The van der Waals surface area contributed by atoms with E-state index in [4.69, 9.17) is 4.98 Å². The van der Waals surface area contributed by atoms with Gasteiger partial charge in [0.1, 0.15) is 23.4 Å². The Morgan fingerprint density at radius 2 is 2.16 bits per heavy atom. The normalized spacial score (nSPS) is 21.6. The highest BCUT2D eigenvalue weighted by Gasteiger charge is 2.48. The minimum atomic E-state index is -0.132. The number of hydrogen-bond acceptors (Lipinski definition) is 6. The molecule has 2 aliphatic heterocycles. The van der Waals surface area contributed by atoms with Gasteiger partial charge in [0, 0.05) is 18.9 Å². The van der Waals surface area contributed by atoms with Crippen molar-refractivity contribution < 1.29 is 0 Å². The van der Waals surface area contributed by atoms with Gasteiger partial charge in [0.2, 0.25) is 5.95 Å². The van der Waals surface area contributed by atoms with E-state index in [9.17, 15) is 0 Å². The molecule has 1 atom stereocenters. The van der Waals surface area contributed by atoms with Crippen LogP contribution >= 0.6 is 0 Å². The first-order chi connectivity index (χ1) is 12.2. The predicted molar refractivity (Wildman–Crippen MR) is 92.0 cm³/mol. The van der Waals surface area contributed by atoms with E-state index in [-0.39, 0.29) is 5.54 Å². The number of imidazole rings is 1. The van der Waals surface area contributed by atoms with Crippen molar-refractivity contribution in [3.8, 4) is 11.6 Å². The van der Waals surface area contributed by atoms with Gasteiger partial charge in [0.15, 0.2) is 11.6 Å². The molecule has 0 spiro atoms. The molecule has 3 aromatic heterocycles. The SMILES string of the molecule is CC[C@@]12CCCCN1c1nc(-n3ccnc3)ncc1-n1c(C)nnc12. The van der Waals surface area contributed by atoms with Crippen molar-refractivity contribution in [1.29, 1.82) is 0 Å². The summed E-state index contributed by atoms with van der Waals surface area (Å²) in [5.41, 5.74) is 0.833. The van der Waals surface area contributed by atoms with Crippen LogP contribution in [-0.2, 0) is 5.54 Å². The molecule has 8 heteroatoms. The van der Waals surface area contributed by atoms with Crippen LogP contribution in [0, 0.1) is 6.92 Å². The summed E-state index contributed by atoms with van der Waals surface area (Å²) in [6.45, 7) is 5.20. The zero-order valence-electron chi connectivity index (χ0n) is 14.4. The topological polar surface area (TPSA) is 77.5 Å². The second-order valence-corrected chi connectivity index (χ2v) is 6.75. The second kappa shape index (κ2) is 5.11. The highest BCUT2D eigenvalue weighted by Crippen LogP contribution is 2.47. The Balaban J connectivity index is 1.78. The Morgan fingerprint density at radius 3 is 2.96 bits per heavy atom. The lowest BCUT2D eigenvalue weighted by Crippen LogP contribution is -2.54. The number of hydrogen-bond donors (Lipinski definition) is 0. The van der Waals surface area contributed by atoms with Crippen LogP contribution in [-0.4, -0.2) is 40.8 Å². The van der Waals surface area contributed by atoms with Crippen molar-refractivity contribution in [1.82, 2.24) is 34.3 Å². The Bertz CT molecular complexity index is 928. The van der Waals surface area contributed by atoms with E-state index in [1.165, 1.54) is 12.8 Å². The third-order valence-electron chi connectivity index (χ3n) is 5.53. The van der Waals surface area contributed by atoms with Crippen molar-refractivity contribution in [3.63, 3.8) is 0 Å². The maximum absolute atomic E-state index is 4.91. The molecule has 0 radical (unpaired) electrons. The molecule has 2 aliphatic rings. The number of aryl methyl sites for hydroxylation is 1. The summed E-state index contributed by atoms with van der Waals surface area (Å²) in [7, 11) is 0. The maximum Gasteiger partial charge on any atom is 0.236 e. The van der Waals surface area contributed by atoms with E-state index in [0.29, 0.717) is 5.95 Å². The molecule has 0 unspecified atom stereocenters. The van der Waals surface area contributed by atoms with Gasteiger partial charge in [-0.05, 0) is 32.6 Å². The van der Waals surface area contributed by atoms with E-state index in [2.05, 4.69) is 36.6 Å². The largest absolute Gasteiger partial charge is 0.342 e. The zero-order valence-corrected chi connectivity index (χ0v) is 14.4. The Hall–Kier alpha value is -2.77. The third-order valence-corrected chi connectivity index (χ3v) is 5.53. The highest BCUT2D eigenvalue weighted by molar-refractivity contribution is 5.64. The minimum Gasteiger partial charge on any atom is -0.342 e. The van der Waals surface area contributed by atoms with Gasteiger partial charge in [-0.15, -0.1) is 10.2 Å². The van der Waals surface area contributed by atoms with E-state index < -0.39 is 0 Å². The number of aromatic nitrogens is 7. The van der Waals surface area contributed by atoms with E-state index in [1.54, 1.807) is 12.5 Å². The first-order valence-corrected chi connectivity index (χ1v) is 8.80. The molecule has 8 nitrogen and oxygen atoms in total. The molecule has 0 aromatic carbocycles. The van der Waals surface area contributed by atoms with Crippen LogP contribution in [0.2, 0.25) is 0 Å². The fraction of sp³-hybridized carbons (Fsp3) is 0.471. The first kappa shape index (κ1) is 14.6. The predicted octanol–water partition coefficient (Wildman–Crippen LogP) is 2.16. The fourth-order valence-corrected chi connectivity index (χ4v) is 4.27. The van der Waals surface area contributed by atoms with E-state index >= 15 is 0 Å². The van der Waals surface area contributed by atoms with Crippen molar-refractivity contribution >= 4 is 5.82 Å². The van der Waals surface area contributed by atoms with Crippen molar-refractivity contribution in [2.45, 2.75) is 45.1 Å². The summed E-state index contributed by atoms with van der Waals surface area (Å²) in [6, 6.07) is 0. The first-order valence-electron chi connectivity index (χ1n) is 8.80. The highest BCUT2D eigenvalue weighted by atomic mass is 15.4. The standard InChI is InChI=1S/C17H20N8/c1-3-17-6-4-5-8-24(17)14-13(25-12(2)21-22-15(17)25)10-19-16(20-14)23-9-7-18-11-23/h7,9-11H,3-6,8H2,1-2H3/t17-/m0/s1. The van der Waals surface area contributed by atoms with Crippen LogP contribution in [0.1, 0.15) is 44.3 Å². The van der Waals surface area contributed by atoms with Crippen LogP contribution in [0.4, 0.5) is 5.82 Å². The van der Waals surface area contributed by atoms with E-state index in [1.807, 2.05) is 23.9 Å². The molecule has 0 N–H and O–H groups in total. The van der Waals surface area contributed by atoms with E-state index in [0.717, 1.165) is 42.5 Å². The lowest BCUT2D eigenvalue weighted by Gasteiger charge is -2.49. The van der Waals surface area contributed by atoms with Crippen LogP contribution in [0.5, 0.6) is 0 Å². The molecule has 0 bridgehead atoms. The second-order valence-electron chi connectivity index (χ2n) is 6.75. The lowest BCUT2D eigenvalue weighted by atomic mass is 9.82. The number of piperidine rings is 1. The van der Waals surface area contributed by atoms with Crippen LogP contribution in [0.25, 0.3) is 11.6 Å². The molecule has 1 fully saturated rings. The smallest absolute Gasteiger partial charge is 0.236 e. The van der Waals surface area contributed by atoms with Gasteiger partial charge in [0.05, 0.1) is 6.20 Å². The van der Waals surface area contributed by atoms with Crippen LogP contribution < -0.4 is 4.90 Å². The molecule has 0 saturated carbocycles. The third kappa shape index (κ3) is 1.85. The van der Waals surface area contributed by atoms with Gasteiger partial charge in [-0.3, -0.25) is 9.13 Å². The number of fused-ring (bicyclic) bond motifs is 6. The molecular formula is C17H20N8. The molecule has 0 aliphatic carbocycles. The Kier molecular flexibility index (Phi) is 2.98. The molecule has 128 valence electrons. The van der Waals surface area contributed by atoms with Gasteiger partial charge in [-0.1, -0.05) is 6.92 Å². The lowest BCUT2D eigenvalue weighted by molar-refractivity contribution is 0.274. The van der Waals surface area contributed by atoms with Gasteiger partial charge in [0.25, 0.3) is 0 Å². The summed E-state index contributed by atoms with van der Waals surface area (Å²) in [4.78, 5) is 16.0. The van der Waals surface area contributed by atoms with Gasteiger partial charge < -0.3 is 4.90 Å². The maximum atomic E-state index is 4.91. The zero-order chi connectivity index (χ0) is 17.0. The summed E-state index contributed by atoms with van der Waals surface area (Å²) in [6.07, 6.45) is 11.6. The number of anilines is 1. The number of nitrogens with zero attached hydrogens (tertiary/aromatic N) is 8. The van der Waals surface area contributed by atoms with Crippen molar-refractivity contribution in [2.24, 2.45) is 0 Å². The Morgan fingerprint density at radius 1 is 1.24 bits per heavy atom. The van der Waals surface area contributed by atoms with Crippen LogP contribution in [0.3, 0.4) is 0 Å². The molecular weight excluding hydrogens is 316 g/mol. The van der Waals surface area contributed by atoms with Gasteiger partial charge >= 0.3 is 0 Å². The monoisotopic (exact) mass is 336 g/mol. The van der Waals surface area contributed by atoms with Gasteiger partial charge in [-0.25, -0.2) is 9.97 Å². The molecule has 1 saturated heterocycles. The summed E-state index contributed by atoms with van der Waals surface area (Å²) >= 11 is 0. The number of rotatable bonds is 2. The molecule has 3 aromatic rings. The summed E-state index contributed by atoms with van der Waals surface area (Å²) < 4.78 is 3.98. The average molecular weight is 336 g/mol.